The number of carbonyl (C=O) groups is 1. The van der Waals surface area contributed by atoms with Crippen LogP contribution in [0.1, 0.15) is 0 Å². The standard InChI is InChI=1S/C9H8Cl2O3S2/c1-15-7-2-6(11)8(3-5(7)10)16(14)4-9(12)13/h2-3H,4H2,1H3,(H,12,13). The molecule has 0 amide bonds. The lowest BCUT2D eigenvalue weighted by Gasteiger charge is -2.06. The molecule has 16 heavy (non-hydrogen) atoms. The van der Waals surface area contributed by atoms with Crippen LogP contribution in [-0.4, -0.2) is 27.3 Å². The Morgan fingerprint density at radius 2 is 2.06 bits per heavy atom. The van der Waals surface area contributed by atoms with Crippen LogP contribution in [0.2, 0.25) is 10.0 Å². The van der Waals surface area contributed by atoms with Crippen LogP contribution in [-0.2, 0) is 15.6 Å². The molecular formula is C9H8Cl2O3S2. The summed E-state index contributed by atoms with van der Waals surface area (Å²) < 4.78 is 11.6. The van der Waals surface area contributed by atoms with Crippen LogP contribution >= 0.6 is 35.0 Å². The summed E-state index contributed by atoms with van der Waals surface area (Å²) in [6, 6.07) is 3.04. The normalized spacial score (nSPS) is 12.4. The highest BCUT2D eigenvalue weighted by Gasteiger charge is 2.15. The fourth-order valence-electron chi connectivity index (χ4n) is 1.03. The highest BCUT2D eigenvalue weighted by molar-refractivity contribution is 7.98. The SMILES string of the molecule is CSc1cc(Cl)c(S(=O)CC(=O)O)cc1Cl. The first kappa shape index (κ1) is 13.8. The average molecular weight is 299 g/mol. The van der Waals surface area contributed by atoms with E-state index in [1.165, 1.54) is 17.8 Å². The van der Waals surface area contributed by atoms with Crippen LogP contribution in [0.25, 0.3) is 0 Å². The highest BCUT2D eigenvalue weighted by Crippen LogP contribution is 2.32. The third-order valence-electron chi connectivity index (χ3n) is 1.71. The van der Waals surface area contributed by atoms with Gasteiger partial charge in [0.15, 0.2) is 0 Å². The first-order valence-corrected chi connectivity index (χ1v) is 7.39. The van der Waals surface area contributed by atoms with Gasteiger partial charge in [0, 0.05) is 4.90 Å². The number of carboxylic acids is 1. The van der Waals surface area contributed by atoms with Gasteiger partial charge in [0.05, 0.1) is 25.7 Å². The van der Waals surface area contributed by atoms with Crippen LogP contribution < -0.4 is 0 Å². The van der Waals surface area contributed by atoms with Gasteiger partial charge in [0.1, 0.15) is 5.75 Å². The lowest BCUT2D eigenvalue weighted by atomic mass is 10.3. The lowest BCUT2D eigenvalue weighted by molar-refractivity contribution is -0.133. The van der Waals surface area contributed by atoms with Gasteiger partial charge in [-0.3, -0.25) is 9.00 Å². The van der Waals surface area contributed by atoms with E-state index in [0.717, 1.165) is 4.90 Å². The molecule has 0 saturated heterocycles. The average Bonchev–Trinajstić information content (AvgIpc) is 2.19. The van der Waals surface area contributed by atoms with E-state index in [1.807, 2.05) is 6.26 Å². The van der Waals surface area contributed by atoms with Gasteiger partial charge in [-0.05, 0) is 18.4 Å². The molecule has 88 valence electrons. The molecule has 1 N–H and O–H groups in total. The van der Waals surface area contributed by atoms with Crippen molar-refractivity contribution in [3.63, 3.8) is 0 Å². The third kappa shape index (κ3) is 3.38. The zero-order chi connectivity index (χ0) is 12.3. The summed E-state index contributed by atoms with van der Waals surface area (Å²) in [4.78, 5) is 11.5. The summed E-state index contributed by atoms with van der Waals surface area (Å²) in [5, 5.41) is 9.23. The molecule has 0 spiro atoms. The molecule has 0 aliphatic carbocycles. The molecule has 3 nitrogen and oxygen atoms in total. The maximum atomic E-state index is 11.6. The zero-order valence-corrected chi connectivity index (χ0v) is 11.3. The van der Waals surface area contributed by atoms with Gasteiger partial charge >= 0.3 is 5.97 Å². The quantitative estimate of drug-likeness (QED) is 0.869. The maximum absolute atomic E-state index is 11.6. The van der Waals surface area contributed by atoms with Crippen molar-refractivity contribution < 1.29 is 14.1 Å². The van der Waals surface area contributed by atoms with Gasteiger partial charge in [-0.2, -0.15) is 0 Å². The minimum absolute atomic E-state index is 0.256. The smallest absolute Gasteiger partial charge is 0.316 e. The zero-order valence-electron chi connectivity index (χ0n) is 8.20. The van der Waals surface area contributed by atoms with Crippen LogP contribution in [0.15, 0.2) is 21.9 Å². The van der Waals surface area contributed by atoms with Crippen molar-refractivity contribution in [1.82, 2.24) is 0 Å². The first-order valence-electron chi connectivity index (χ1n) is 4.09. The van der Waals surface area contributed by atoms with E-state index in [4.69, 9.17) is 28.3 Å². The van der Waals surface area contributed by atoms with Gasteiger partial charge in [-0.15, -0.1) is 11.8 Å². The number of benzene rings is 1. The van der Waals surface area contributed by atoms with Crippen LogP contribution in [0.3, 0.4) is 0 Å². The fraction of sp³-hybridized carbons (Fsp3) is 0.222. The number of hydrogen-bond acceptors (Lipinski definition) is 3. The molecule has 7 heteroatoms. The van der Waals surface area contributed by atoms with Gasteiger partial charge in [-0.1, -0.05) is 23.2 Å². The predicted octanol–water partition coefficient (Wildman–Crippen LogP) is 2.91. The topological polar surface area (TPSA) is 54.4 Å². The second-order valence-corrected chi connectivity index (χ2v) is 5.88. The molecule has 0 aliphatic heterocycles. The van der Waals surface area contributed by atoms with Crippen molar-refractivity contribution in [2.75, 3.05) is 12.0 Å². The fourth-order valence-corrected chi connectivity index (χ4v) is 3.37. The Morgan fingerprint density at radius 1 is 1.44 bits per heavy atom. The summed E-state index contributed by atoms with van der Waals surface area (Å²) in [5.74, 6) is -1.62. The van der Waals surface area contributed by atoms with E-state index >= 15 is 0 Å². The van der Waals surface area contributed by atoms with Crippen molar-refractivity contribution in [2.45, 2.75) is 9.79 Å². The van der Waals surface area contributed by atoms with E-state index in [0.29, 0.717) is 5.02 Å². The second-order valence-electron chi connectivity index (χ2n) is 2.80. The van der Waals surface area contributed by atoms with Gasteiger partial charge in [-0.25, -0.2) is 0 Å². The number of thioether (sulfide) groups is 1. The Balaban J connectivity index is 3.10. The summed E-state index contributed by atoms with van der Waals surface area (Å²) in [6.45, 7) is 0. The van der Waals surface area contributed by atoms with Gasteiger partial charge in [0.25, 0.3) is 0 Å². The van der Waals surface area contributed by atoms with E-state index in [-0.39, 0.29) is 9.92 Å². The highest BCUT2D eigenvalue weighted by atomic mass is 35.5. The van der Waals surface area contributed by atoms with Crippen molar-refractivity contribution in [1.29, 1.82) is 0 Å². The Bertz CT molecular complexity index is 449. The predicted molar refractivity (Wildman–Crippen MR) is 67.2 cm³/mol. The molecule has 0 fully saturated rings. The Labute approximate surface area is 110 Å². The molecule has 0 bridgehead atoms. The Kier molecular flexibility index (Phi) is 5.11. The third-order valence-corrected chi connectivity index (χ3v) is 4.67. The molecule has 1 atom stereocenters. The molecule has 1 aromatic carbocycles. The summed E-state index contributed by atoms with van der Waals surface area (Å²) in [6.07, 6.45) is 1.84. The van der Waals surface area contributed by atoms with Crippen molar-refractivity contribution in [3.05, 3.63) is 22.2 Å². The van der Waals surface area contributed by atoms with E-state index in [1.54, 1.807) is 6.07 Å². The number of aliphatic carboxylic acids is 1. The lowest BCUT2D eigenvalue weighted by Crippen LogP contribution is -2.09. The minimum Gasteiger partial charge on any atom is -0.481 e. The largest absolute Gasteiger partial charge is 0.481 e. The molecule has 0 aliphatic rings. The van der Waals surface area contributed by atoms with E-state index < -0.39 is 22.5 Å². The molecular weight excluding hydrogens is 291 g/mol. The van der Waals surface area contributed by atoms with E-state index in [9.17, 15) is 9.00 Å². The molecule has 1 rings (SSSR count). The van der Waals surface area contributed by atoms with Gasteiger partial charge in [0.2, 0.25) is 0 Å². The minimum atomic E-state index is -1.67. The molecule has 1 unspecified atom stereocenters. The second kappa shape index (κ2) is 5.91. The summed E-state index contributed by atoms with van der Waals surface area (Å²) in [5.41, 5.74) is 0. The number of halogens is 2. The van der Waals surface area contributed by atoms with E-state index in [2.05, 4.69) is 0 Å². The maximum Gasteiger partial charge on any atom is 0.316 e. The molecule has 1 aromatic rings. The van der Waals surface area contributed by atoms with Gasteiger partial charge < -0.3 is 5.11 Å². The van der Waals surface area contributed by atoms with Crippen LogP contribution in [0.4, 0.5) is 0 Å². The summed E-state index contributed by atoms with van der Waals surface area (Å²) >= 11 is 13.2. The van der Waals surface area contributed by atoms with Crippen LogP contribution in [0, 0.1) is 0 Å². The Morgan fingerprint density at radius 3 is 2.56 bits per heavy atom. The molecule has 0 aromatic heterocycles. The summed E-state index contributed by atoms with van der Waals surface area (Å²) in [7, 11) is -1.67. The van der Waals surface area contributed by atoms with Crippen LogP contribution in [0.5, 0.6) is 0 Å². The Hall–Kier alpha value is -0.230. The molecule has 0 radical (unpaired) electrons. The van der Waals surface area contributed by atoms with Crippen molar-refractivity contribution in [2.24, 2.45) is 0 Å². The van der Waals surface area contributed by atoms with Crippen molar-refractivity contribution >= 4 is 51.7 Å². The molecule has 0 saturated carbocycles. The number of hydrogen-bond donors (Lipinski definition) is 1. The first-order chi connectivity index (χ1) is 7.45. The van der Waals surface area contributed by atoms with Crippen molar-refractivity contribution in [3.8, 4) is 0 Å². The number of rotatable bonds is 4. The number of carboxylic acid groups (broad SMARTS) is 1. The monoisotopic (exact) mass is 298 g/mol. The molecule has 0 heterocycles.